The second-order valence-corrected chi connectivity index (χ2v) is 6.47. The quantitative estimate of drug-likeness (QED) is 0.228. The largest absolute Gasteiger partial charge is 0.394 e. The fourth-order valence-corrected chi connectivity index (χ4v) is 3.21. The highest BCUT2D eigenvalue weighted by atomic mass is 16.7. The van der Waals surface area contributed by atoms with Crippen molar-refractivity contribution in [1.29, 1.82) is 0 Å². The van der Waals surface area contributed by atoms with Crippen molar-refractivity contribution in [3.63, 3.8) is 0 Å². The summed E-state index contributed by atoms with van der Waals surface area (Å²) in [5, 5.41) is 61.7. The standard InChI is InChI=1S/C15H27NO11/c1-5(19)16-8-10(21)12(7(4-18)25-14(8)23)27-15-13(24-2)11(22)9(20)6(3-17)26-15/h6-15,17-18,20-23H,3-4H2,1-2H3,(H,16,19)/t6-,7-,8-,9-,10+,11-,12+,13-,14+,15-/m0/s1. The summed E-state index contributed by atoms with van der Waals surface area (Å²) in [6.07, 6.45) is -12.2. The molecular formula is C15H27NO11. The number of rotatable bonds is 6. The van der Waals surface area contributed by atoms with Crippen LogP contribution in [0.15, 0.2) is 0 Å². The van der Waals surface area contributed by atoms with Crippen molar-refractivity contribution in [1.82, 2.24) is 5.32 Å². The van der Waals surface area contributed by atoms with Gasteiger partial charge in [-0.2, -0.15) is 0 Å². The number of carbonyl (C=O) groups is 1. The van der Waals surface area contributed by atoms with Crippen LogP contribution >= 0.6 is 0 Å². The van der Waals surface area contributed by atoms with Gasteiger partial charge >= 0.3 is 0 Å². The van der Waals surface area contributed by atoms with Crippen molar-refractivity contribution < 1.29 is 54.4 Å². The van der Waals surface area contributed by atoms with Crippen LogP contribution in [0.3, 0.4) is 0 Å². The Balaban J connectivity index is 2.21. The van der Waals surface area contributed by atoms with Gasteiger partial charge in [-0.15, -0.1) is 0 Å². The summed E-state index contributed by atoms with van der Waals surface area (Å²) in [6.45, 7) is -0.0678. The molecule has 0 aromatic heterocycles. The lowest BCUT2D eigenvalue weighted by atomic mass is 9.95. The fraction of sp³-hybridized carbons (Fsp3) is 0.933. The molecule has 1 amide bonds. The highest BCUT2D eigenvalue weighted by Gasteiger charge is 2.51. The van der Waals surface area contributed by atoms with Crippen molar-refractivity contribution in [2.24, 2.45) is 0 Å². The maximum Gasteiger partial charge on any atom is 0.217 e. The zero-order chi connectivity index (χ0) is 20.3. The topological polar surface area (TPSA) is 187 Å². The molecule has 0 aromatic carbocycles. The normalized spacial score (nSPS) is 45.5. The predicted molar refractivity (Wildman–Crippen MR) is 85.0 cm³/mol. The lowest BCUT2D eigenvalue weighted by Gasteiger charge is -2.46. The number of nitrogens with one attached hydrogen (secondary N) is 1. The Morgan fingerprint density at radius 3 is 2.11 bits per heavy atom. The molecule has 0 unspecified atom stereocenters. The molecule has 0 aliphatic carbocycles. The van der Waals surface area contributed by atoms with Gasteiger partial charge in [0, 0.05) is 14.0 Å². The summed E-state index contributed by atoms with van der Waals surface area (Å²) in [4.78, 5) is 11.3. The third-order valence-electron chi connectivity index (χ3n) is 4.63. The molecule has 27 heavy (non-hydrogen) atoms. The molecule has 2 fully saturated rings. The molecule has 12 nitrogen and oxygen atoms in total. The van der Waals surface area contributed by atoms with E-state index in [4.69, 9.17) is 18.9 Å². The first-order chi connectivity index (χ1) is 12.7. The van der Waals surface area contributed by atoms with E-state index in [0.717, 1.165) is 0 Å². The van der Waals surface area contributed by atoms with E-state index in [1.807, 2.05) is 0 Å². The zero-order valence-electron chi connectivity index (χ0n) is 14.9. The molecule has 0 spiro atoms. The van der Waals surface area contributed by atoms with Crippen LogP contribution in [0.1, 0.15) is 6.92 Å². The van der Waals surface area contributed by atoms with Crippen LogP contribution in [0.25, 0.3) is 0 Å². The van der Waals surface area contributed by atoms with Crippen LogP contribution in [0.5, 0.6) is 0 Å². The maximum atomic E-state index is 11.3. The van der Waals surface area contributed by atoms with Gasteiger partial charge in [-0.05, 0) is 0 Å². The smallest absolute Gasteiger partial charge is 0.217 e. The van der Waals surface area contributed by atoms with E-state index < -0.39 is 80.5 Å². The molecule has 2 aliphatic heterocycles. The minimum absolute atomic E-state index is 0.537. The molecule has 2 heterocycles. The monoisotopic (exact) mass is 397 g/mol. The van der Waals surface area contributed by atoms with Gasteiger partial charge in [0.15, 0.2) is 12.6 Å². The Morgan fingerprint density at radius 1 is 0.963 bits per heavy atom. The molecule has 0 radical (unpaired) electrons. The van der Waals surface area contributed by atoms with Gasteiger partial charge in [0.25, 0.3) is 0 Å². The van der Waals surface area contributed by atoms with Crippen molar-refractivity contribution in [3.8, 4) is 0 Å². The van der Waals surface area contributed by atoms with Gasteiger partial charge in [-0.3, -0.25) is 4.79 Å². The Bertz CT molecular complexity index is 494. The molecule has 2 rings (SSSR count). The number of methoxy groups -OCH3 is 1. The second-order valence-electron chi connectivity index (χ2n) is 6.47. The van der Waals surface area contributed by atoms with Crippen LogP contribution in [0.4, 0.5) is 0 Å². The van der Waals surface area contributed by atoms with Crippen LogP contribution in [0, 0.1) is 0 Å². The van der Waals surface area contributed by atoms with E-state index in [0.29, 0.717) is 0 Å². The second kappa shape index (κ2) is 9.52. The highest BCUT2D eigenvalue weighted by Crippen LogP contribution is 2.29. The minimum atomic E-state index is -1.59. The number of hydrogen-bond acceptors (Lipinski definition) is 11. The Labute approximate surface area is 155 Å². The lowest BCUT2D eigenvalue weighted by Crippen LogP contribution is -2.67. The molecular weight excluding hydrogens is 370 g/mol. The summed E-state index contributed by atoms with van der Waals surface area (Å²) in [7, 11) is 1.24. The third kappa shape index (κ3) is 4.74. The van der Waals surface area contributed by atoms with Gasteiger partial charge in [-0.25, -0.2) is 0 Å². The molecule has 7 N–H and O–H groups in total. The van der Waals surface area contributed by atoms with Crippen LogP contribution in [-0.2, 0) is 23.7 Å². The highest BCUT2D eigenvalue weighted by molar-refractivity contribution is 5.73. The predicted octanol–water partition coefficient (Wildman–Crippen LogP) is -4.60. The van der Waals surface area contributed by atoms with Gasteiger partial charge in [-0.1, -0.05) is 0 Å². The van der Waals surface area contributed by atoms with E-state index in [1.165, 1.54) is 14.0 Å². The Kier molecular flexibility index (Phi) is 7.88. The van der Waals surface area contributed by atoms with Gasteiger partial charge in [0.2, 0.25) is 5.91 Å². The summed E-state index contributed by atoms with van der Waals surface area (Å²) in [5.74, 6) is -0.537. The van der Waals surface area contributed by atoms with E-state index in [2.05, 4.69) is 5.32 Å². The van der Waals surface area contributed by atoms with E-state index in [1.54, 1.807) is 0 Å². The Hall–Kier alpha value is -0.930. The first-order valence-corrected chi connectivity index (χ1v) is 8.45. The van der Waals surface area contributed by atoms with Crippen molar-refractivity contribution >= 4 is 5.91 Å². The molecule has 2 aliphatic rings. The van der Waals surface area contributed by atoms with Crippen LogP contribution < -0.4 is 5.32 Å². The van der Waals surface area contributed by atoms with Gasteiger partial charge in [0.1, 0.15) is 48.8 Å². The molecule has 2 saturated heterocycles. The minimum Gasteiger partial charge on any atom is -0.394 e. The number of ether oxygens (including phenoxy) is 4. The molecule has 12 heteroatoms. The fourth-order valence-electron chi connectivity index (χ4n) is 3.21. The Morgan fingerprint density at radius 2 is 1.59 bits per heavy atom. The van der Waals surface area contributed by atoms with E-state index in [-0.39, 0.29) is 0 Å². The average molecular weight is 397 g/mol. The number of hydrogen-bond donors (Lipinski definition) is 7. The average Bonchev–Trinajstić information content (AvgIpc) is 2.63. The van der Waals surface area contributed by atoms with Crippen LogP contribution in [-0.4, -0.2) is 118 Å². The zero-order valence-corrected chi connectivity index (χ0v) is 14.9. The number of aliphatic hydroxyl groups is 6. The van der Waals surface area contributed by atoms with Crippen molar-refractivity contribution in [2.45, 2.75) is 68.3 Å². The SMILES string of the molecule is CO[C@@H]1[C@H](O[C@H]2[C@H](O)[C@H](NC(C)=O)[C@H](O)O[C@H]2CO)O[C@@H](CO)[C@H](O)[C@@H]1O. The molecule has 0 aromatic rings. The molecule has 0 saturated carbocycles. The van der Waals surface area contributed by atoms with Gasteiger partial charge < -0.3 is 54.9 Å². The number of aliphatic hydroxyl groups excluding tert-OH is 6. The van der Waals surface area contributed by atoms with Crippen molar-refractivity contribution in [2.75, 3.05) is 20.3 Å². The van der Waals surface area contributed by atoms with Crippen molar-refractivity contribution in [3.05, 3.63) is 0 Å². The third-order valence-corrected chi connectivity index (χ3v) is 4.63. The summed E-state index contributed by atoms with van der Waals surface area (Å²) in [6, 6.07) is -1.25. The summed E-state index contributed by atoms with van der Waals surface area (Å²) in [5.41, 5.74) is 0. The number of carbonyl (C=O) groups excluding carboxylic acids is 1. The first-order valence-electron chi connectivity index (χ1n) is 8.45. The maximum absolute atomic E-state index is 11.3. The number of amides is 1. The van der Waals surface area contributed by atoms with E-state index >= 15 is 0 Å². The van der Waals surface area contributed by atoms with Crippen LogP contribution in [0.2, 0.25) is 0 Å². The molecule has 0 bridgehead atoms. The summed E-state index contributed by atoms with van der Waals surface area (Å²) >= 11 is 0. The summed E-state index contributed by atoms with van der Waals surface area (Å²) < 4.78 is 21.3. The molecule has 158 valence electrons. The molecule has 10 atom stereocenters. The first kappa shape index (κ1) is 22.4. The lowest BCUT2D eigenvalue weighted by molar-refractivity contribution is -0.347. The van der Waals surface area contributed by atoms with E-state index in [9.17, 15) is 35.4 Å². The van der Waals surface area contributed by atoms with Gasteiger partial charge in [0.05, 0.1) is 13.2 Å².